The average molecular weight is 1290 g/mol. The van der Waals surface area contributed by atoms with Gasteiger partial charge in [0.25, 0.3) is 5.91 Å². The molecule has 5 aliphatic heterocycles. The lowest BCUT2D eigenvalue weighted by molar-refractivity contribution is -0.132. The molecule has 9 rings (SSSR count). The van der Waals surface area contributed by atoms with Gasteiger partial charge in [0.1, 0.15) is 46.4 Å². The number of nitrogens with one attached hydrogen (secondary N) is 3. The number of fused-ring (bicyclic) bond motifs is 2. The zero-order valence-corrected chi connectivity index (χ0v) is 54.9. The van der Waals surface area contributed by atoms with Crippen molar-refractivity contribution in [1.82, 2.24) is 35.1 Å². The van der Waals surface area contributed by atoms with Crippen LogP contribution in [0.1, 0.15) is 110 Å². The fraction of sp³-hybridized carbons (Fsp3) is 0.529. The molecule has 0 bridgehead atoms. The minimum Gasteiger partial charge on any atom is -0.444 e. The molecular weight excluding hydrogens is 1210 g/mol. The number of hydrogen-bond donors (Lipinski definition) is 3. The molecule has 0 saturated carbocycles. The maximum atomic E-state index is 16.0. The minimum absolute atomic E-state index is 0.0426. The molecule has 3 fully saturated rings. The van der Waals surface area contributed by atoms with Crippen LogP contribution in [0, 0.1) is 23.4 Å². The largest absolute Gasteiger partial charge is 0.444 e. The number of piperazine rings is 1. The second kappa shape index (κ2) is 28.6. The Balaban J connectivity index is 0.900. The van der Waals surface area contributed by atoms with Crippen molar-refractivity contribution in [2.24, 2.45) is 5.92 Å². The van der Waals surface area contributed by atoms with Gasteiger partial charge in [0.2, 0.25) is 23.6 Å². The summed E-state index contributed by atoms with van der Waals surface area (Å²) in [4.78, 5) is 125. The summed E-state index contributed by atoms with van der Waals surface area (Å²) in [6.07, 6.45) is -0.358. The number of nitrogens with zero attached hydrogens (tertiary/aromatic N) is 7. The van der Waals surface area contributed by atoms with E-state index in [0.717, 1.165) is 34.2 Å². The Morgan fingerprint density at radius 3 is 2.11 bits per heavy atom. The second-order valence-electron chi connectivity index (χ2n) is 27.3. The third kappa shape index (κ3) is 16.4. The van der Waals surface area contributed by atoms with Crippen LogP contribution >= 0.6 is 0 Å². The van der Waals surface area contributed by atoms with Crippen molar-refractivity contribution in [1.29, 1.82) is 0 Å². The maximum Gasteiger partial charge on any atom is 0.410 e. The summed E-state index contributed by atoms with van der Waals surface area (Å²) in [6, 6.07) is 15.1. The van der Waals surface area contributed by atoms with Crippen molar-refractivity contribution in [3.8, 4) is 0 Å². The molecule has 0 radical (unpaired) electrons. The first-order chi connectivity index (χ1) is 43.9. The van der Waals surface area contributed by atoms with E-state index < -0.39 is 100 Å². The number of benzene rings is 4. The summed E-state index contributed by atoms with van der Waals surface area (Å²) in [5, 5.41) is 8.31. The monoisotopic (exact) mass is 1290 g/mol. The summed E-state index contributed by atoms with van der Waals surface area (Å²) in [5.41, 5.74) is 0.193. The number of carbonyl (C=O) groups excluding carboxylic acids is 8. The van der Waals surface area contributed by atoms with Gasteiger partial charge in [-0.05, 0) is 165 Å². The van der Waals surface area contributed by atoms with Gasteiger partial charge in [-0.15, -0.1) is 0 Å². The molecule has 9 amide bonds. The number of para-hydroxylation sites is 1. The van der Waals surface area contributed by atoms with Gasteiger partial charge in [-0.2, -0.15) is 0 Å². The Bertz CT molecular complexity index is 3450. The Kier molecular flexibility index (Phi) is 21.3. The number of amides is 9. The van der Waals surface area contributed by atoms with E-state index in [-0.39, 0.29) is 87.8 Å². The number of rotatable bonds is 16. The molecule has 5 aliphatic rings. The Hall–Kier alpha value is -8.13. The van der Waals surface area contributed by atoms with Gasteiger partial charge in [-0.1, -0.05) is 36.4 Å². The highest BCUT2D eigenvalue weighted by atomic mass is 19.1. The normalized spacial score (nSPS) is 21.0. The van der Waals surface area contributed by atoms with Crippen molar-refractivity contribution in [3.63, 3.8) is 0 Å². The zero-order valence-electron chi connectivity index (χ0n) is 54.9. The van der Waals surface area contributed by atoms with Crippen LogP contribution in [0.25, 0.3) is 0 Å². The van der Waals surface area contributed by atoms with Gasteiger partial charge in [-0.25, -0.2) is 32.5 Å². The third-order valence-electron chi connectivity index (χ3n) is 17.8. The number of hydrogen-bond acceptors (Lipinski definition) is 14. The summed E-state index contributed by atoms with van der Waals surface area (Å²) in [7, 11) is 1.35. The van der Waals surface area contributed by atoms with Crippen molar-refractivity contribution >= 4 is 64.8 Å². The van der Waals surface area contributed by atoms with Crippen LogP contribution in [-0.4, -0.2) is 193 Å². The van der Waals surface area contributed by atoms with Crippen LogP contribution in [0.4, 0.5) is 44.6 Å². The number of likely N-dealkylation sites (N-methyl/N-ethyl adjacent to an activating group) is 1. The molecule has 4 aromatic carbocycles. The predicted molar refractivity (Wildman–Crippen MR) is 340 cm³/mol. The molecule has 0 unspecified atom stereocenters. The molecule has 3 saturated heterocycles. The van der Waals surface area contributed by atoms with E-state index in [1.54, 1.807) is 67.8 Å². The standard InChI is InChI=1S/C68H87F3N10O12/c1-41-33-77(51(36-76-25-28-91-39-42(76)2)37-79(41)65(89)93-67(7,8)9)38-57(83)80-40-68(10,52-22-17-45(30-55(52)80)29-44-15-19-49(69)20-16-44)62(86)72-32-56(82)73-50-21-18-47-34-78(35-48(47)31-50)63(87)81(59-53(70)13-12-14-54(59)71)61(85)58(46-23-26-90-27-24-46)74-60(84)43(3)75(11)64(88)92-66(4,5)6/h12-22,30-31,41-43,46,51,58H,23-29,32-40H2,1-11H3,(H,72,86)(H,73,82)(H,74,84)/t41-,42+,43-,51-,58-,68+/m0/s1. The van der Waals surface area contributed by atoms with E-state index in [0.29, 0.717) is 73.1 Å². The van der Waals surface area contributed by atoms with E-state index >= 15 is 18.4 Å². The van der Waals surface area contributed by atoms with Crippen LogP contribution in [0.5, 0.6) is 0 Å². The van der Waals surface area contributed by atoms with Crippen molar-refractivity contribution in [3.05, 3.63) is 124 Å². The first-order valence-electron chi connectivity index (χ1n) is 31.7. The third-order valence-corrected chi connectivity index (χ3v) is 17.8. The number of anilines is 3. The molecule has 0 spiro atoms. The summed E-state index contributed by atoms with van der Waals surface area (Å²) in [6.45, 7) is 20.1. The molecule has 22 nitrogen and oxygen atoms in total. The summed E-state index contributed by atoms with van der Waals surface area (Å²) >= 11 is 0. The molecule has 93 heavy (non-hydrogen) atoms. The smallest absolute Gasteiger partial charge is 0.410 e. The van der Waals surface area contributed by atoms with Gasteiger partial charge in [0.05, 0.1) is 31.7 Å². The van der Waals surface area contributed by atoms with Crippen LogP contribution in [0.15, 0.2) is 78.9 Å². The fourth-order valence-corrected chi connectivity index (χ4v) is 12.6. The number of imide groups is 1. The second-order valence-corrected chi connectivity index (χ2v) is 27.3. The molecule has 3 N–H and O–H groups in total. The highest BCUT2D eigenvalue weighted by molar-refractivity contribution is 6.17. The first kappa shape index (κ1) is 69.2. The number of urea groups is 1. The number of morpholine rings is 1. The van der Waals surface area contributed by atoms with Gasteiger partial charge in [0, 0.05) is 95.6 Å². The predicted octanol–water partition coefficient (Wildman–Crippen LogP) is 7.72. The molecule has 5 heterocycles. The van der Waals surface area contributed by atoms with Gasteiger partial charge in [-0.3, -0.25) is 38.7 Å². The fourth-order valence-electron chi connectivity index (χ4n) is 12.6. The highest BCUT2D eigenvalue weighted by Crippen LogP contribution is 2.43. The molecular formula is C68H87F3N10O12. The average Bonchev–Trinajstić information content (AvgIpc) is 1.62. The Morgan fingerprint density at radius 1 is 0.774 bits per heavy atom. The Morgan fingerprint density at radius 2 is 1.44 bits per heavy atom. The number of halogens is 3. The minimum atomic E-state index is -1.51. The van der Waals surface area contributed by atoms with Crippen LogP contribution in [-0.2, 0) is 67.8 Å². The molecule has 25 heteroatoms. The highest BCUT2D eigenvalue weighted by Gasteiger charge is 2.49. The number of carbonyl (C=O) groups is 8. The molecule has 0 aliphatic carbocycles. The lowest BCUT2D eigenvalue weighted by Gasteiger charge is -2.47. The van der Waals surface area contributed by atoms with Crippen LogP contribution in [0.2, 0.25) is 0 Å². The molecule has 6 atom stereocenters. The SMILES string of the molecule is C[C@@H]1COCCN1C[C@H]1CN(C(=O)OC(C)(C)C)[C@@H](C)CN1CC(=O)N1C[C@@](C)(C(=O)NCC(=O)Nc2ccc3c(c2)CN(C(=O)N(C(=O)[C@@H](NC(=O)[C@H](C)N(C)C(=O)OC(C)(C)C)C2CCOCC2)c2c(F)cccc2F)C3)c2ccc(Cc3ccc(F)cc3)cc21. The molecule has 502 valence electrons. The van der Waals surface area contributed by atoms with E-state index in [9.17, 15) is 33.2 Å². The zero-order chi connectivity index (χ0) is 67.4. The summed E-state index contributed by atoms with van der Waals surface area (Å²) in [5.74, 6) is -6.79. The Labute approximate surface area is 541 Å². The van der Waals surface area contributed by atoms with E-state index in [1.165, 1.54) is 31.0 Å². The van der Waals surface area contributed by atoms with Crippen molar-refractivity contribution in [2.45, 2.75) is 148 Å². The quantitative estimate of drug-likeness (QED) is 0.0975. The van der Waals surface area contributed by atoms with Gasteiger partial charge >= 0.3 is 18.2 Å². The number of ether oxygens (including phenoxy) is 4. The lowest BCUT2D eigenvalue weighted by atomic mass is 9.83. The molecule has 4 aromatic rings. The van der Waals surface area contributed by atoms with Crippen molar-refractivity contribution in [2.75, 3.05) is 94.4 Å². The van der Waals surface area contributed by atoms with Crippen molar-refractivity contribution < 1.29 is 70.5 Å². The van der Waals surface area contributed by atoms with Crippen LogP contribution < -0.4 is 25.8 Å². The molecule has 0 aromatic heterocycles. The van der Waals surface area contributed by atoms with E-state index in [4.69, 9.17) is 18.9 Å². The first-order valence-corrected chi connectivity index (χ1v) is 31.7. The van der Waals surface area contributed by atoms with Crippen LogP contribution in [0.3, 0.4) is 0 Å². The maximum absolute atomic E-state index is 16.0. The van der Waals surface area contributed by atoms with Gasteiger partial charge < -0.3 is 49.6 Å². The van der Waals surface area contributed by atoms with E-state index in [1.807, 2.05) is 45.9 Å². The topological polar surface area (TPSA) is 232 Å². The lowest BCUT2D eigenvalue weighted by Crippen LogP contribution is -2.64. The van der Waals surface area contributed by atoms with E-state index in [2.05, 4.69) is 32.7 Å². The summed E-state index contributed by atoms with van der Waals surface area (Å²) < 4.78 is 68.5. The van der Waals surface area contributed by atoms with Gasteiger partial charge in [0.15, 0.2) is 0 Å².